The van der Waals surface area contributed by atoms with E-state index in [1.165, 1.54) is 40.0 Å². The van der Waals surface area contributed by atoms with E-state index in [2.05, 4.69) is 34.8 Å². The van der Waals surface area contributed by atoms with Crippen LogP contribution in [0.15, 0.2) is 53.8 Å². The lowest BCUT2D eigenvalue weighted by Crippen LogP contribution is -2.24. The Hall–Kier alpha value is -4.10. The van der Waals surface area contributed by atoms with Crippen LogP contribution in [0.4, 0.5) is 13.2 Å². The van der Waals surface area contributed by atoms with Crippen molar-refractivity contribution in [1.82, 2.24) is 33.9 Å². The van der Waals surface area contributed by atoms with Crippen molar-refractivity contribution >= 4 is 19.1 Å². The van der Waals surface area contributed by atoms with Crippen molar-refractivity contribution in [2.24, 2.45) is 7.05 Å². The van der Waals surface area contributed by atoms with Gasteiger partial charge in [0.25, 0.3) is 12.0 Å². The van der Waals surface area contributed by atoms with Crippen molar-refractivity contribution in [3.8, 4) is 28.3 Å². The predicted molar refractivity (Wildman–Crippen MR) is 160 cm³/mol. The smallest absolute Gasteiger partial charge is 0.283 e. The molecule has 43 heavy (non-hydrogen) atoms. The average molecular weight is 608 g/mol. The Morgan fingerprint density at radius 3 is 2.53 bits per heavy atom. The van der Waals surface area contributed by atoms with Gasteiger partial charge in [0.05, 0.1) is 11.2 Å². The van der Waals surface area contributed by atoms with E-state index in [9.17, 15) is 18.0 Å². The zero-order valence-corrected chi connectivity index (χ0v) is 25.4. The molecule has 0 amide bonds. The molecule has 0 atom stereocenters. The zero-order valence-electron chi connectivity index (χ0n) is 24.4. The SMILES string of the molecule is Cn1cnnc1-c1cc(F)ccc1-c1cc(C2CC2)nc(-n2cnc3cc(C(F)F)n(COCC[Si](C)(C)C)c3c2=O)c1. The largest absolute Gasteiger partial charge is 0.361 e. The van der Waals surface area contributed by atoms with Gasteiger partial charge < -0.3 is 13.9 Å². The molecule has 9 nitrogen and oxygen atoms in total. The number of hydrogen-bond donors (Lipinski definition) is 0. The molecule has 4 heterocycles. The highest BCUT2D eigenvalue weighted by atomic mass is 28.3. The molecule has 1 fully saturated rings. The molecule has 0 saturated heterocycles. The minimum atomic E-state index is -2.82. The van der Waals surface area contributed by atoms with Crippen LogP contribution in [0.1, 0.15) is 36.6 Å². The summed E-state index contributed by atoms with van der Waals surface area (Å²) in [6, 6.07) is 10.2. The first-order valence-electron chi connectivity index (χ1n) is 14.1. The lowest BCUT2D eigenvalue weighted by Gasteiger charge is -2.17. The van der Waals surface area contributed by atoms with Crippen LogP contribution in [0.5, 0.6) is 0 Å². The second-order valence-corrected chi connectivity index (χ2v) is 17.8. The Bertz CT molecular complexity index is 1870. The Morgan fingerprint density at radius 1 is 1.07 bits per heavy atom. The number of aryl methyl sites for hydroxylation is 1. The van der Waals surface area contributed by atoms with E-state index in [0.717, 1.165) is 24.6 Å². The van der Waals surface area contributed by atoms with Crippen LogP contribution in [-0.2, 0) is 18.5 Å². The number of rotatable bonds is 10. The predicted octanol–water partition coefficient (Wildman–Crippen LogP) is 6.31. The molecule has 0 radical (unpaired) electrons. The van der Waals surface area contributed by atoms with Crippen LogP contribution >= 0.6 is 0 Å². The van der Waals surface area contributed by atoms with Gasteiger partial charge in [-0.05, 0) is 60.3 Å². The monoisotopic (exact) mass is 607 g/mol. The fourth-order valence-corrected chi connectivity index (χ4v) is 5.82. The third kappa shape index (κ3) is 5.91. The number of benzene rings is 1. The Labute approximate surface area is 247 Å². The summed E-state index contributed by atoms with van der Waals surface area (Å²) >= 11 is 0. The second-order valence-electron chi connectivity index (χ2n) is 12.2. The number of alkyl halides is 2. The maximum Gasteiger partial charge on any atom is 0.283 e. The molecule has 0 unspecified atom stereocenters. The first kappa shape index (κ1) is 29.0. The first-order valence-corrected chi connectivity index (χ1v) is 17.8. The van der Waals surface area contributed by atoms with Gasteiger partial charge in [0.2, 0.25) is 0 Å². The van der Waals surface area contributed by atoms with Gasteiger partial charge in [-0.1, -0.05) is 25.7 Å². The average Bonchev–Trinajstić information content (AvgIpc) is 3.61. The molecule has 4 aromatic heterocycles. The second kappa shape index (κ2) is 11.2. The van der Waals surface area contributed by atoms with Crippen LogP contribution in [-0.4, -0.2) is 48.5 Å². The van der Waals surface area contributed by atoms with Gasteiger partial charge in [-0.3, -0.25) is 4.79 Å². The highest BCUT2D eigenvalue weighted by molar-refractivity contribution is 6.76. The fourth-order valence-electron chi connectivity index (χ4n) is 5.07. The van der Waals surface area contributed by atoms with Crippen molar-refractivity contribution in [2.75, 3.05) is 6.61 Å². The van der Waals surface area contributed by atoms with E-state index in [1.54, 1.807) is 23.7 Å². The summed E-state index contributed by atoms with van der Waals surface area (Å²) in [6.07, 6.45) is 1.94. The van der Waals surface area contributed by atoms with Gasteiger partial charge >= 0.3 is 0 Å². The van der Waals surface area contributed by atoms with Crippen LogP contribution in [0.25, 0.3) is 39.4 Å². The van der Waals surface area contributed by atoms with Crippen LogP contribution in [0, 0.1) is 5.82 Å². The molecule has 1 saturated carbocycles. The topological polar surface area (TPSA) is 92.7 Å². The van der Waals surface area contributed by atoms with E-state index in [4.69, 9.17) is 9.72 Å². The van der Waals surface area contributed by atoms with E-state index < -0.39 is 25.9 Å². The maximum absolute atomic E-state index is 14.4. The third-order valence-electron chi connectivity index (χ3n) is 7.60. The molecular formula is C30H32F3N7O2Si. The van der Waals surface area contributed by atoms with Crippen molar-refractivity contribution < 1.29 is 17.9 Å². The molecule has 5 aromatic rings. The minimum Gasteiger partial charge on any atom is -0.361 e. The summed E-state index contributed by atoms with van der Waals surface area (Å²) in [6.45, 7) is 6.83. The summed E-state index contributed by atoms with van der Waals surface area (Å²) in [5.74, 6) is 0.566. The lowest BCUT2D eigenvalue weighted by molar-refractivity contribution is 0.0739. The number of ether oxygens (including phenoxy) is 1. The van der Waals surface area contributed by atoms with Crippen LogP contribution in [0.2, 0.25) is 25.7 Å². The van der Waals surface area contributed by atoms with Crippen LogP contribution in [0.3, 0.4) is 0 Å². The normalized spacial score (nSPS) is 13.9. The number of hydrogen-bond acceptors (Lipinski definition) is 6. The van der Waals surface area contributed by atoms with Gasteiger partial charge in [0, 0.05) is 38.9 Å². The summed E-state index contributed by atoms with van der Waals surface area (Å²) in [4.78, 5) is 23.1. The Morgan fingerprint density at radius 2 is 1.86 bits per heavy atom. The van der Waals surface area contributed by atoms with E-state index in [-0.39, 0.29) is 35.2 Å². The third-order valence-corrected chi connectivity index (χ3v) is 9.31. The standard InChI is InChI=1S/C30H32F3N7O2Si/c1-38-16-35-37-29(38)22-13-20(31)7-8-21(22)19-11-23(18-5-6-18)36-26(12-19)39-15-34-24-14-25(28(32)33)40(27(24)30(39)41)17-42-9-10-43(2,3)4/h7-8,11-16,18,28H,5-6,9-10,17H2,1-4H3. The summed E-state index contributed by atoms with van der Waals surface area (Å²) in [5.41, 5.74) is 2.02. The Kier molecular flexibility index (Phi) is 7.55. The van der Waals surface area contributed by atoms with Crippen molar-refractivity contribution in [2.45, 2.75) is 57.6 Å². The Balaban J connectivity index is 1.48. The zero-order chi connectivity index (χ0) is 30.5. The molecule has 0 bridgehead atoms. The molecule has 1 aliphatic carbocycles. The van der Waals surface area contributed by atoms with Gasteiger partial charge in [-0.25, -0.2) is 27.7 Å². The molecule has 6 rings (SSSR count). The highest BCUT2D eigenvalue weighted by Crippen LogP contribution is 2.42. The van der Waals surface area contributed by atoms with Crippen molar-refractivity contribution in [3.05, 3.63) is 76.6 Å². The highest BCUT2D eigenvalue weighted by Gasteiger charge is 2.28. The van der Waals surface area contributed by atoms with Crippen molar-refractivity contribution in [3.63, 3.8) is 0 Å². The molecule has 224 valence electrons. The number of aromatic nitrogens is 7. The van der Waals surface area contributed by atoms with E-state index >= 15 is 0 Å². The fraction of sp³-hybridized carbons (Fsp3) is 0.367. The van der Waals surface area contributed by atoms with Crippen molar-refractivity contribution in [1.29, 1.82) is 0 Å². The minimum absolute atomic E-state index is 0.0209. The van der Waals surface area contributed by atoms with Gasteiger partial charge in [0.15, 0.2) is 5.82 Å². The summed E-state index contributed by atoms with van der Waals surface area (Å²) in [7, 11) is 0.371. The van der Waals surface area contributed by atoms with Gasteiger partial charge in [-0.2, -0.15) is 0 Å². The summed E-state index contributed by atoms with van der Waals surface area (Å²) < 4.78 is 52.5. The lowest BCUT2D eigenvalue weighted by atomic mass is 9.98. The van der Waals surface area contributed by atoms with E-state index in [1.807, 2.05) is 6.07 Å². The quantitative estimate of drug-likeness (QED) is 0.136. The van der Waals surface area contributed by atoms with Gasteiger partial charge in [-0.15, -0.1) is 10.2 Å². The molecule has 0 spiro atoms. The number of fused-ring (bicyclic) bond motifs is 1. The summed E-state index contributed by atoms with van der Waals surface area (Å²) in [5, 5.41) is 8.12. The molecule has 13 heteroatoms. The number of nitrogens with zero attached hydrogens (tertiary/aromatic N) is 7. The molecule has 1 aliphatic rings. The maximum atomic E-state index is 14.4. The molecule has 1 aromatic carbocycles. The van der Waals surface area contributed by atoms with E-state index in [0.29, 0.717) is 29.1 Å². The number of pyridine rings is 1. The van der Waals surface area contributed by atoms with Gasteiger partial charge in [0.1, 0.15) is 36.5 Å². The number of halogens is 3. The first-order chi connectivity index (χ1) is 20.5. The molecular weight excluding hydrogens is 575 g/mol. The van der Waals surface area contributed by atoms with Crippen LogP contribution < -0.4 is 5.56 Å². The molecule has 0 aliphatic heterocycles. The molecule has 0 N–H and O–H groups in total.